The number of ketones is 1. The van der Waals surface area contributed by atoms with Crippen LogP contribution in [0.25, 0.3) is 0 Å². The molecule has 1 aromatic carbocycles. The Morgan fingerprint density at radius 2 is 1.81 bits per heavy atom. The number of nitrogens with zero attached hydrogens (tertiary/aromatic N) is 1. The molecule has 0 unspecified atom stereocenters. The van der Waals surface area contributed by atoms with E-state index in [0.29, 0.717) is 11.7 Å². The van der Waals surface area contributed by atoms with Gasteiger partial charge in [0, 0.05) is 5.56 Å². The normalized spacial score (nSPS) is 22.0. The topological polar surface area (TPSA) is 20.3 Å². The molecule has 0 spiro atoms. The van der Waals surface area contributed by atoms with Crippen molar-refractivity contribution in [1.82, 2.24) is 4.90 Å². The zero-order valence-electron chi connectivity index (χ0n) is 13.4. The van der Waals surface area contributed by atoms with Crippen LogP contribution in [0.2, 0.25) is 0 Å². The third kappa shape index (κ3) is 2.66. The number of carbonyl (C=O) groups is 1. The largest absolute Gasteiger partial charge is 0.297 e. The van der Waals surface area contributed by atoms with Gasteiger partial charge in [-0.3, -0.25) is 9.69 Å². The van der Waals surface area contributed by atoms with Crippen LogP contribution in [0.5, 0.6) is 0 Å². The van der Waals surface area contributed by atoms with E-state index in [1.54, 1.807) is 0 Å². The van der Waals surface area contributed by atoms with Gasteiger partial charge in [0.15, 0.2) is 5.78 Å². The van der Waals surface area contributed by atoms with Crippen LogP contribution in [-0.2, 0) is 0 Å². The van der Waals surface area contributed by atoms with Crippen LogP contribution in [0, 0.1) is 0 Å². The number of likely N-dealkylation sites (N-methyl/N-ethyl adjacent to an activating group) is 1. The molecule has 0 aromatic heterocycles. The van der Waals surface area contributed by atoms with E-state index in [-0.39, 0.29) is 5.54 Å². The van der Waals surface area contributed by atoms with Gasteiger partial charge in [-0.15, -0.1) is 0 Å². The maximum absolute atomic E-state index is 13.2. The van der Waals surface area contributed by atoms with E-state index in [1.165, 1.54) is 44.1 Å². The molecule has 0 N–H and O–H groups in total. The average Bonchev–Trinajstić information content (AvgIpc) is 2.45. The molecule has 2 nitrogen and oxygen atoms in total. The standard InChI is InChI=1S/C19H27NO/c1-20(2)19(12-4-3-5-13-19)18(21)17-11-7-10-16(14-17)15-8-6-9-15/h7,10-11,14-15H,3-6,8-9,12-13H2,1-2H3. The lowest BCUT2D eigenvalue weighted by molar-refractivity contribution is 0.0564. The van der Waals surface area contributed by atoms with E-state index >= 15 is 0 Å². The van der Waals surface area contributed by atoms with Crippen molar-refractivity contribution >= 4 is 5.78 Å². The fourth-order valence-corrected chi connectivity index (χ4v) is 3.96. The molecule has 2 saturated carbocycles. The maximum Gasteiger partial charge on any atom is 0.183 e. The van der Waals surface area contributed by atoms with Gasteiger partial charge in [0.25, 0.3) is 0 Å². The van der Waals surface area contributed by atoms with Crippen LogP contribution < -0.4 is 0 Å². The number of hydrogen-bond acceptors (Lipinski definition) is 2. The van der Waals surface area contributed by atoms with Crippen LogP contribution >= 0.6 is 0 Å². The average molecular weight is 285 g/mol. The Morgan fingerprint density at radius 3 is 2.38 bits per heavy atom. The van der Waals surface area contributed by atoms with E-state index in [0.717, 1.165) is 18.4 Å². The predicted molar refractivity (Wildman–Crippen MR) is 86.9 cm³/mol. The molecular formula is C19H27NO. The summed E-state index contributed by atoms with van der Waals surface area (Å²) in [6.07, 6.45) is 9.54. The highest BCUT2D eigenvalue weighted by molar-refractivity contribution is 6.03. The summed E-state index contributed by atoms with van der Waals surface area (Å²) in [7, 11) is 4.14. The summed E-state index contributed by atoms with van der Waals surface area (Å²) in [5.74, 6) is 1.03. The molecule has 0 saturated heterocycles. The first-order chi connectivity index (χ1) is 10.1. The molecule has 0 heterocycles. The summed E-state index contributed by atoms with van der Waals surface area (Å²) in [6, 6.07) is 8.47. The number of hydrogen-bond donors (Lipinski definition) is 0. The molecule has 1 aromatic rings. The van der Waals surface area contributed by atoms with Gasteiger partial charge in [0.1, 0.15) is 0 Å². The van der Waals surface area contributed by atoms with Crippen molar-refractivity contribution in [2.45, 2.75) is 62.8 Å². The lowest BCUT2D eigenvalue weighted by Gasteiger charge is -2.41. The van der Waals surface area contributed by atoms with Crippen molar-refractivity contribution in [2.75, 3.05) is 14.1 Å². The molecule has 0 bridgehead atoms. The molecular weight excluding hydrogens is 258 g/mol. The fraction of sp³-hybridized carbons (Fsp3) is 0.632. The molecule has 2 heteroatoms. The molecule has 2 fully saturated rings. The quantitative estimate of drug-likeness (QED) is 0.764. The summed E-state index contributed by atoms with van der Waals surface area (Å²) in [5.41, 5.74) is 2.03. The van der Waals surface area contributed by atoms with Gasteiger partial charge in [-0.2, -0.15) is 0 Å². The van der Waals surface area contributed by atoms with Crippen molar-refractivity contribution in [3.05, 3.63) is 35.4 Å². The summed E-state index contributed by atoms with van der Waals surface area (Å²) < 4.78 is 0. The van der Waals surface area contributed by atoms with Crippen LogP contribution in [0.3, 0.4) is 0 Å². The first kappa shape index (κ1) is 14.8. The smallest absolute Gasteiger partial charge is 0.183 e. The van der Waals surface area contributed by atoms with Crippen molar-refractivity contribution in [3.63, 3.8) is 0 Å². The number of benzene rings is 1. The highest BCUT2D eigenvalue weighted by atomic mass is 16.1. The Kier molecular flexibility index (Phi) is 4.17. The molecule has 114 valence electrons. The third-order valence-electron chi connectivity index (χ3n) is 5.68. The number of Topliss-reactive ketones (excluding diaryl/α,β-unsaturated/α-hetero) is 1. The Hall–Kier alpha value is -1.15. The highest BCUT2D eigenvalue weighted by Crippen LogP contribution is 2.38. The van der Waals surface area contributed by atoms with Crippen molar-refractivity contribution in [2.24, 2.45) is 0 Å². The van der Waals surface area contributed by atoms with Gasteiger partial charge in [0.2, 0.25) is 0 Å². The maximum atomic E-state index is 13.2. The van der Waals surface area contributed by atoms with Gasteiger partial charge in [-0.1, -0.05) is 43.9 Å². The van der Waals surface area contributed by atoms with Crippen molar-refractivity contribution in [3.8, 4) is 0 Å². The molecule has 2 aliphatic carbocycles. The van der Waals surface area contributed by atoms with Gasteiger partial charge in [-0.05, 0) is 57.3 Å². The Balaban J connectivity index is 1.88. The Labute approximate surface area is 128 Å². The third-order valence-corrected chi connectivity index (χ3v) is 5.68. The summed E-state index contributed by atoms with van der Waals surface area (Å²) in [6.45, 7) is 0. The van der Waals surface area contributed by atoms with Crippen molar-refractivity contribution in [1.29, 1.82) is 0 Å². The van der Waals surface area contributed by atoms with E-state index in [4.69, 9.17) is 0 Å². The summed E-state index contributed by atoms with van der Waals surface area (Å²) in [5, 5.41) is 0. The lowest BCUT2D eigenvalue weighted by Crippen LogP contribution is -2.52. The van der Waals surface area contributed by atoms with E-state index < -0.39 is 0 Å². The second-order valence-corrected chi connectivity index (χ2v) is 7.07. The van der Waals surface area contributed by atoms with Crippen molar-refractivity contribution < 1.29 is 4.79 Å². The molecule has 2 aliphatic rings. The van der Waals surface area contributed by atoms with Gasteiger partial charge in [0.05, 0.1) is 5.54 Å². The van der Waals surface area contributed by atoms with Gasteiger partial charge >= 0.3 is 0 Å². The minimum atomic E-state index is -0.267. The van der Waals surface area contributed by atoms with Gasteiger partial charge < -0.3 is 0 Å². The molecule has 0 atom stereocenters. The SMILES string of the molecule is CN(C)C1(C(=O)c2cccc(C3CCC3)c2)CCCCC1. The van der Waals surface area contributed by atoms with Crippen LogP contribution in [0.4, 0.5) is 0 Å². The fourth-order valence-electron chi connectivity index (χ4n) is 3.96. The zero-order valence-corrected chi connectivity index (χ0v) is 13.4. The monoisotopic (exact) mass is 285 g/mol. The van der Waals surface area contributed by atoms with Crippen LogP contribution in [0.1, 0.15) is 73.2 Å². The summed E-state index contributed by atoms with van der Waals surface area (Å²) in [4.78, 5) is 15.4. The van der Waals surface area contributed by atoms with E-state index in [9.17, 15) is 4.79 Å². The number of rotatable bonds is 4. The van der Waals surface area contributed by atoms with E-state index in [2.05, 4.69) is 37.2 Å². The Bertz CT molecular complexity index is 510. The predicted octanol–water partition coefficient (Wildman–Crippen LogP) is 4.40. The summed E-state index contributed by atoms with van der Waals surface area (Å²) >= 11 is 0. The van der Waals surface area contributed by atoms with E-state index in [1.807, 2.05) is 6.07 Å². The highest BCUT2D eigenvalue weighted by Gasteiger charge is 2.41. The number of carbonyl (C=O) groups excluding carboxylic acids is 1. The van der Waals surface area contributed by atoms with Gasteiger partial charge in [-0.25, -0.2) is 0 Å². The minimum Gasteiger partial charge on any atom is -0.297 e. The van der Waals surface area contributed by atoms with Crippen LogP contribution in [-0.4, -0.2) is 30.3 Å². The zero-order chi connectivity index (χ0) is 14.9. The molecule has 0 radical (unpaired) electrons. The molecule has 0 aliphatic heterocycles. The molecule has 21 heavy (non-hydrogen) atoms. The Morgan fingerprint density at radius 1 is 1.10 bits per heavy atom. The first-order valence-corrected chi connectivity index (χ1v) is 8.46. The molecule has 0 amide bonds. The van der Waals surface area contributed by atoms with Crippen LogP contribution in [0.15, 0.2) is 24.3 Å². The minimum absolute atomic E-state index is 0.267. The second kappa shape index (κ2) is 5.92. The first-order valence-electron chi connectivity index (χ1n) is 8.46. The molecule has 3 rings (SSSR count). The lowest BCUT2D eigenvalue weighted by atomic mass is 9.74. The second-order valence-electron chi connectivity index (χ2n) is 7.07.